The van der Waals surface area contributed by atoms with Crippen LogP contribution in [0.3, 0.4) is 0 Å². The molecule has 8 nitrogen and oxygen atoms in total. The van der Waals surface area contributed by atoms with Crippen LogP contribution in [0.5, 0.6) is 5.75 Å². The number of ether oxygens (including phenoxy) is 2. The third-order valence-corrected chi connectivity index (χ3v) is 7.00. The van der Waals surface area contributed by atoms with E-state index in [9.17, 15) is 23.1 Å². The molecule has 1 heterocycles. The number of carbonyl (C=O) groups excluding carboxylic acids is 1. The van der Waals surface area contributed by atoms with E-state index in [1.165, 1.54) is 0 Å². The second-order valence-electron chi connectivity index (χ2n) is 9.14. The summed E-state index contributed by atoms with van der Waals surface area (Å²) in [5.41, 5.74) is -0.0925. The van der Waals surface area contributed by atoms with Crippen molar-refractivity contribution >= 4 is 17.5 Å². The van der Waals surface area contributed by atoms with Crippen LogP contribution in [0, 0.1) is 0 Å². The Hall–Kier alpha value is -2.37. The van der Waals surface area contributed by atoms with E-state index in [4.69, 9.17) is 20.8 Å². The largest absolute Gasteiger partial charge is 0.522 e. The maximum absolute atomic E-state index is 12.3. The Morgan fingerprint density at radius 3 is 2.67 bits per heavy atom. The summed E-state index contributed by atoms with van der Waals surface area (Å²) in [5, 5.41) is 20.8. The first-order valence-corrected chi connectivity index (χ1v) is 10.9. The van der Waals surface area contributed by atoms with E-state index >= 15 is 0 Å². The van der Waals surface area contributed by atoms with Crippen molar-refractivity contribution in [3.05, 3.63) is 40.6 Å². The number of nitrogens with one attached hydrogen (secondary N) is 1. The van der Waals surface area contributed by atoms with Gasteiger partial charge < -0.3 is 19.6 Å². The summed E-state index contributed by atoms with van der Waals surface area (Å²) in [4.78, 5) is 12.3. The van der Waals surface area contributed by atoms with Crippen molar-refractivity contribution in [2.24, 2.45) is 0 Å². The summed E-state index contributed by atoms with van der Waals surface area (Å²) in [7, 11) is 0. The Bertz CT molecular complexity index is 1050. The molecule has 4 aliphatic carbocycles. The molecule has 0 spiro atoms. The van der Waals surface area contributed by atoms with E-state index in [-0.39, 0.29) is 48.8 Å². The van der Waals surface area contributed by atoms with Crippen LogP contribution >= 0.6 is 11.6 Å². The molecule has 178 valence electrons. The summed E-state index contributed by atoms with van der Waals surface area (Å²) in [6.45, 7) is -0.401. The molecule has 2 bridgehead atoms. The molecule has 0 unspecified atom stereocenters. The maximum Gasteiger partial charge on any atom is 0.522 e. The van der Waals surface area contributed by atoms with Gasteiger partial charge in [-0.2, -0.15) is 0 Å². The maximum atomic E-state index is 12.3. The second kappa shape index (κ2) is 7.85. The number of aliphatic hydroxyl groups excluding tert-OH is 1. The van der Waals surface area contributed by atoms with Crippen LogP contribution in [0.15, 0.2) is 22.6 Å². The molecule has 2 N–H and O–H groups in total. The topological polar surface area (TPSA) is 107 Å². The van der Waals surface area contributed by atoms with Crippen molar-refractivity contribution in [2.75, 3.05) is 6.61 Å². The molecule has 1 amide bonds. The van der Waals surface area contributed by atoms with Crippen molar-refractivity contribution in [2.45, 2.75) is 68.0 Å². The molecule has 0 aliphatic heterocycles. The van der Waals surface area contributed by atoms with Crippen LogP contribution in [0.1, 0.15) is 55.4 Å². The molecular weight excluding hydrogens is 467 g/mol. The standard InChI is InChI=1S/C21H21ClF3N3O5/c22-15-2-1-13(5-12(15)6-29)31-7-16(30)26-20-8-19(9-20,10-20)18-28-27-17(32-18)11-3-14(4-11)33-21(23,24)25/h1-2,5,11,14,29H,3-4,6-10H2,(H,26,30). The van der Waals surface area contributed by atoms with Gasteiger partial charge in [-0.25, -0.2) is 0 Å². The van der Waals surface area contributed by atoms with E-state index in [0.717, 1.165) is 0 Å². The number of rotatable bonds is 8. The Labute approximate surface area is 191 Å². The molecule has 0 saturated heterocycles. The average molecular weight is 488 g/mol. The van der Waals surface area contributed by atoms with Crippen molar-refractivity contribution in [3.63, 3.8) is 0 Å². The van der Waals surface area contributed by atoms with Gasteiger partial charge in [-0.3, -0.25) is 9.53 Å². The molecular formula is C21H21ClF3N3O5. The summed E-state index contributed by atoms with van der Waals surface area (Å²) >= 11 is 5.94. The molecule has 6 rings (SSSR count). The third-order valence-electron chi connectivity index (χ3n) is 6.63. The van der Waals surface area contributed by atoms with Gasteiger partial charge >= 0.3 is 6.36 Å². The molecule has 0 radical (unpaired) electrons. The number of nitrogens with zero attached hydrogens (tertiary/aromatic N) is 2. The van der Waals surface area contributed by atoms with Gasteiger partial charge in [0.2, 0.25) is 11.8 Å². The van der Waals surface area contributed by atoms with E-state index in [0.29, 0.717) is 47.4 Å². The van der Waals surface area contributed by atoms with Crippen molar-refractivity contribution in [1.82, 2.24) is 15.5 Å². The van der Waals surface area contributed by atoms with Crippen LogP contribution in [-0.2, 0) is 21.6 Å². The zero-order valence-electron chi connectivity index (χ0n) is 17.3. The lowest BCUT2D eigenvalue weighted by atomic mass is 9.39. The highest BCUT2D eigenvalue weighted by Crippen LogP contribution is 2.67. The minimum atomic E-state index is -4.64. The van der Waals surface area contributed by atoms with Crippen LogP contribution in [0.4, 0.5) is 13.2 Å². The van der Waals surface area contributed by atoms with Crippen molar-refractivity contribution in [1.29, 1.82) is 0 Å². The summed E-state index contributed by atoms with van der Waals surface area (Å²) in [5.74, 6) is 0.761. The van der Waals surface area contributed by atoms with E-state index in [1.807, 2.05) is 0 Å². The van der Waals surface area contributed by atoms with Gasteiger partial charge in [-0.1, -0.05) is 11.6 Å². The minimum Gasteiger partial charge on any atom is -0.484 e. The molecule has 12 heteroatoms. The highest BCUT2D eigenvalue weighted by molar-refractivity contribution is 6.31. The highest BCUT2D eigenvalue weighted by Gasteiger charge is 2.72. The number of aromatic nitrogens is 2. The molecule has 0 atom stereocenters. The molecule has 4 saturated carbocycles. The zero-order chi connectivity index (χ0) is 23.4. The molecule has 4 aliphatic rings. The van der Waals surface area contributed by atoms with Crippen LogP contribution < -0.4 is 10.1 Å². The molecule has 1 aromatic heterocycles. The zero-order valence-corrected chi connectivity index (χ0v) is 18.1. The van der Waals surface area contributed by atoms with Gasteiger partial charge in [-0.05, 0) is 55.9 Å². The van der Waals surface area contributed by atoms with Gasteiger partial charge in [0.05, 0.1) is 18.1 Å². The Kier molecular flexibility index (Phi) is 5.33. The third kappa shape index (κ3) is 4.29. The first-order chi connectivity index (χ1) is 15.6. The summed E-state index contributed by atoms with van der Waals surface area (Å²) < 4.78 is 52.0. The normalized spacial score (nSPS) is 30.1. The van der Waals surface area contributed by atoms with Crippen molar-refractivity contribution < 1.29 is 37.0 Å². The number of halogens is 4. The SMILES string of the molecule is O=C(COc1ccc(Cl)c(CO)c1)NC12CC(c3nnc(C4CC(OC(F)(F)F)C4)o3)(C1)C2. The van der Waals surface area contributed by atoms with Gasteiger partial charge in [0.15, 0.2) is 6.61 Å². The number of carbonyl (C=O) groups is 1. The predicted octanol–water partition coefficient (Wildman–Crippen LogP) is 3.37. The number of aliphatic hydroxyl groups is 1. The number of benzene rings is 1. The van der Waals surface area contributed by atoms with Crippen LogP contribution in [0.2, 0.25) is 5.02 Å². The quantitative estimate of drug-likeness (QED) is 0.588. The summed E-state index contributed by atoms with van der Waals surface area (Å²) in [6.07, 6.45) is -3.14. The Morgan fingerprint density at radius 2 is 2.00 bits per heavy atom. The number of amides is 1. The molecule has 33 heavy (non-hydrogen) atoms. The number of hydrogen-bond donors (Lipinski definition) is 2. The van der Waals surface area contributed by atoms with Crippen LogP contribution in [0.25, 0.3) is 0 Å². The summed E-state index contributed by atoms with van der Waals surface area (Å²) in [6, 6.07) is 4.80. The van der Waals surface area contributed by atoms with Gasteiger partial charge in [0.25, 0.3) is 5.91 Å². The number of hydrogen-bond acceptors (Lipinski definition) is 7. The predicted molar refractivity (Wildman–Crippen MR) is 106 cm³/mol. The monoisotopic (exact) mass is 487 g/mol. The smallest absolute Gasteiger partial charge is 0.484 e. The molecule has 2 aromatic rings. The fourth-order valence-corrected chi connectivity index (χ4v) is 5.23. The number of alkyl halides is 3. The van der Waals surface area contributed by atoms with Crippen molar-refractivity contribution in [3.8, 4) is 5.75 Å². The lowest BCUT2D eigenvalue weighted by molar-refractivity contribution is -0.352. The Balaban J connectivity index is 1.08. The molecule has 4 fully saturated rings. The van der Waals surface area contributed by atoms with Gasteiger partial charge in [0, 0.05) is 16.5 Å². The fourth-order valence-electron chi connectivity index (χ4n) is 5.06. The highest BCUT2D eigenvalue weighted by atomic mass is 35.5. The first kappa shape index (κ1) is 22.4. The lowest BCUT2D eigenvalue weighted by Crippen LogP contribution is -2.77. The minimum absolute atomic E-state index is 0.172. The van der Waals surface area contributed by atoms with Crippen LogP contribution in [-0.4, -0.2) is 45.8 Å². The van der Waals surface area contributed by atoms with Gasteiger partial charge in [-0.15, -0.1) is 23.4 Å². The molecule has 1 aromatic carbocycles. The first-order valence-electron chi connectivity index (χ1n) is 10.5. The fraction of sp³-hybridized carbons (Fsp3) is 0.571. The van der Waals surface area contributed by atoms with E-state index < -0.39 is 12.5 Å². The van der Waals surface area contributed by atoms with E-state index in [2.05, 4.69) is 20.3 Å². The second-order valence-corrected chi connectivity index (χ2v) is 9.55. The average Bonchev–Trinajstić information content (AvgIpc) is 3.13. The Morgan fingerprint density at radius 1 is 1.27 bits per heavy atom. The van der Waals surface area contributed by atoms with Gasteiger partial charge in [0.1, 0.15) is 5.75 Å². The van der Waals surface area contributed by atoms with E-state index in [1.54, 1.807) is 18.2 Å². The lowest BCUT2D eigenvalue weighted by Gasteiger charge is -2.68.